The van der Waals surface area contributed by atoms with Crippen LogP contribution >= 0.6 is 11.8 Å². The largest absolute Gasteiger partial charge is 0.319 e. The summed E-state index contributed by atoms with van der Waals surface area (Å²) in [5.74, 6) is 0.914. The summed E-state index contributed by atoms with van der Waals surface area (Å²) in [4.78, 5) is 5.06. The minimum Gasteiger partial charge on any atom is -0.319 e. The highest BCUT2D eigenvalue weighted by Crippen LogP contribution is 2.36. The Morgan fingerprint density at radius 3 is 2.60 bits per heavy atom. The molecule has 2 heterocycles. The number of aromatic nitrogens is 2. The number of imidazole rings is 1. The van der Waals surface area contributed by atoms with Crippen molar-refractivity contribution in [3.63, 3.8) is 0 Å². The van der Waals surface area contributed by atoms with Gasteiger partial charge in [-0.25, -0.2) is 17.8 Å². The summed E-state index contributed by atoms with van der Waals surface area (Å²) in [5.41, 5.74) is 2.27. The Kier molecular flexibility index (Phi) is 5.33. The molecule has 0 N–H and O–H groups in total. The van der Waals surface area contributed by atoms with E-state index in [0.717, 1.165) is 30.1 Å². The number of sulfonamides is 1. The van der Waals surface area contributed by atoms with E-state index >= 15 is 0 Å². The smallest absolute Gasteiger partial charge is 0.243 e. The van der Waals surface area contributed by atoms with Crippen LogP contribution in [0.3, 0.4) is 0 Å². The fraction of sp³-hybridized carbons (Fsp3) is 0.409. The Hall–Kier alpha value is -1.90. The molecular weight excluding hydrogens is 421 g/mol. The fourth-order valence-corrected chi connectivity index (χ4v) is 6.48. The first-order valence-electron chi connectivity index (χ1n) is 10.4. The average molecular weight is 446 g/mol. The van der Waals surface area contributed by atoms with Gasteiger partial charge >= 0.3 is 0 Å². The number of rotatable bonds is 7. The molecule has 1 saturated heterocycles. The third-order valence-electron chi connectivity index (χ3n) is 5.84. The summed E-state index contributed by atoms with van der Waals surface area (Å²) in [5, 5.41) is 0.816. The first-order valence-corrected chi connectivity index (χ1v) is 12.8. The van der Waals surface area contributed by atoms with Crippen molar-refractivity contribution in [1.29, 1.82) is 0 Å². The van der Waals surface area contributed by atoms with Gasteiger partial charge in [-0.05, 0) is 61.4 Å². The van der Waals surface area contributed by atoms with Crippen molar-refractivity contribution in [3.8, 4) is 0 Å². The lowest BCUT2D eigenvalue weighted by molar-refractivity contribution is 0.477. The predicted octanol–water partition coefficient (Wildman–Crippen LogP) is 4.66. The second kappa shape index (κ2) is 7.98. The van der Waals surface area contributed by atoms with Crippen LogP contribution in [0.4, 0.5) is 4.39 Å². The Labute approximate surface area is 180 Å². The van der Waals surface area contributed by atoms with Crippen LogP contribution in [0.2, 0.25) is 0 Å². The van der Waals surface area contributed by atoms with Gasteiger partial charge in [0.05, 0.1) is 15.9 Å². The van der Waals surface area contributed by atoms with Crippen molar-refractivity contribution in [1.82, 2.24) is 13.9 Å². The lowest BCUT2D eigenvalue weighted by atomic mass is 10.2. The molecule has 0 atom stereocenters. The van der Waals surface area contributed by atoms with Gasteiger partial charge in [0.15, 0.2) is 5.16 Å². The number of thioether (sulfide) groups is 1. The predicted molar refractivity (Wildman–Crippen MR) is 116 cm³/mol. The Morgan fingerprint density at radius 1 is 1.10 bits per heavy atom. The third kappa shape index (κ3) is 3.88. The molecule has 1 aliphatic carbocycles. The van der Waals surface area contributed by atoms with Crippen LogP contribution in [0.1, 0.15) is 31.2 Å². The van der Waals surface area contributed by atoms with E-state index in [1.54, 1.807) is 28.6 Å². The SMILES string of the molecule is O=S(=O)(c1ccc2c(c1)nc(SCc1ccccc1F)n2CC1CC1)N1CCCC1. The van der Waals surface area contributed by atoms with Crippen LogP contribution in [-0.2, 0) is 22.3 Å². The quantitative estimate of drug-likeness (QED) is 0.496. The van der Waals surface area contributed by atoms with E-state index in [1.807, 2.05) is 12.1 Å². The first-order chi connectivity index (χ1) is 14.5. The molecule has 5 nitrogen and oxygen atoms in total. The number of benzene rings is 2. The van der Waals surface area contributed by atoms with E-state index in [1.165, 1.54) is 30.7 Å². The van der Waals surface area contributed by atoms with E-state index in [2.05, 4.69) is 4.57 Å². The van der Waals surface area contributed by atoms with Crippen LogP contribution in [0, 0.1) is 11.7 Å². The Balaban J connectivity index is 1.49. The minimum atomic E-state index is -3.48. The number of fused-ring (bicyclic) bond motifs is 1. The number of nitrogens with zero attached hydrogens (tertiary/aromatic N) is 3. The van der Waals surface area contributed by atoms with Gasteiger partial charge in [0, 0.05) is 25.4 Å². The lowest BCUT2D eigenvalue weighted by Gasteiger charge is -2.15. The summed E-state index contributed by atoms with van der Waals surface area (Å²) in [7, 11) is -3.48. The van der Waals surface area contributed by atoms with Gasteiger partial charge in [0.1, 0.15) is 5.82 Å². The zero-order valence-corrected chi connectivity index (χ0v) is 18.3. The number of hydrogen-bond acceptors (Lipinski definition) is 4. The van der Waals surface area contributed by atoms with Crippen molar-refractivity contribution in [2.45, 2.75) is 48.0 Å². The summed E-state index contributed by atoms with van der Waals surface area (Å²) < 4.78 is 43.7. The average Bonchev–Trinajstić information content (AvgIpc) is 3.24. The molecule has 30 heavy (non-hydrogen) atoms. The molecule has 0 spiro atoms. The molecule has 1 saturated carbocycles. The maximum Gasteiger partial charge on any atom is 0.243 e. The van der Waals surface area contributed by atoms with E-state index in [4.69, 9.17) is 4.98 Å². The topological polar surface area (TPSA) is 55.2 Å². The molecule has 8 heteroatoms. The first kappa shape index (κ1) is 20.0. The maximum atomic E-state index is 14.0. The lowest BCUT2D eigenvalue weighted by Crippen LogP contribution is -2.27. The van der Waals surface area contributed by atoms with E-state index in [9.17, 15) is 12.8 Å². The molecule has 2 aliphatic rings. The molecule has 1 aliphatic heterocycles. The number of halogens is 1. The molecule has 2 aromatic carbocycles. The number of hydrogen-bond donors (Lipinski definition) is 0. The second-order valence-electron chi connectivity index (χ2n) is 8.09. The molecule has 0 radical (unpaired) electrons. The van der Waals surface area contributed by atoms with Crippen LogP contribution in [0.15, 0.2) is 52.5 Å². The highest BCUT2D eigenvalue weighted by molar-refractivity contribution is 7.98. The zero-order valence-electron chi connectivity index (χ0n) is 16.6. The van der Waals surface area contributed by atoms with Gasteiger partial charge < -0.3 is 4.57 Å². The molecule has 5 rings (SSSR count). The zero-order chi connectivity index (χ0) is 20.7. The highest BCUT2D eigenvalue weighted by Gasteiger charge is 2.29. The van der Waals surface area contributed by atoms with E-state index in [-0.39, 0.29) is 5.82 Å². The minimum absolute atomic E-state index is 0.214. The summed E-state index contributed by atoms with van der Waals surface area (Å²) in [6.45, 7) is 2.04. The van der Waals surface area contributed by atoms with Crippen LogP contribution in [0.5, 0.6) is 0 Å². The summed E-state index contributed by atoms with van der Waals surface area (Å²) in [6.07, 6.45) is 4.24. The van der Waals surface area contributed by atoms with Crippen molar-refractivity contribution < 1.29 is 12.8 Å². The van der Waals surface area contributed by atoms with Gasteiger partial charge in [-0.2, -0.15) is 4.31 Å². The maximum absolute atomic E-state index is 14.0. The molecular formula is C22H24FN3O2S2. The normalized spacial score (nSPS) is 17.8. The third-order valence-corrected chi connectivity index (χ3v) is 8.76. The van der Waals surface area contributed by atoms with Gasteiger partial charge in [-0.1, -0.05) is 30.0 Å². The van der Waals surface area contributed by atoms with Crippen molar-refractivity contribution >= 4 is 32.8 Å². The van der Waals surface area contributed by atoms with Gasteiger partial charge in [0.2, 0.25) is 10.0 Å². The molecule has 0 unspecified atom stereocenters. The Bertz CT molecular complexity index is 1180. The standard InChI is InChI=1S/C22H24FN3O2S2/c23-19-6-2-1-5-17(19)15-29-22-24-20-13-18(30(27,28)25-11-3-4-12-25)9-10-21(20)26(22)14-16-7-8-16/h1-2,5-6,9-10,13,16H,3-4,7-8,11-12,14-15H2. The van der Waals surface area contributed by atoms with Gasteiger partial charge in [0.25, 0.3) is 0 Å². The summed E-state index contributed by atoms with van der Waals surface area (Å²) in [6, 6.07) is 12.1. The second-order valence-corrected chi connectivity index (χ2v) is 11.0. The van der Waals surface area contributed by atoms with Crippen molar-refractivity contribution in [2.24, 2.45) is 5.92 Å². The van der Waals surface area contributed by atoms with Crippen LogP contribution < -0.4 is 0 Å². The Morgan fingerprint density at radius 2 is 1.87 bits per heavy atom. The molecule has 0 amide bonds. The van der Waals surface area contributed by atoms with E-state index in [0.29, 0.717) is 40.7 Å². The molecule has 2 fully saturated rings. The van der Waals surface area contributed by atoms with Gasteiger partial charge in [-0.3, -0.25) is 0 Å². The van der Waals surface area contributed by atoms with Crippen LogP contribution in [0.25, 0.3) is 11.0 Å². The molecule has 1 aromatic heterocycles. The monoisotopic (exact) mass is 445 g/mol. The molecule has 158 valence electrons. The summed E-state index contributed by atoms with van der Waals surface area (Å²) >= 11 is 1.50. The fourth-order valence-electron chi connectivity index (χ4n) is 3.93. The van der Waals surface area contributed by atoms with Gasteiger partial charge in [-0.15, -0.1) is 0 Å². The van der Waals surface area contributed by atoms with E-state index < -0.39 is 10.0 Å². The molecule has 0 bridgehead atoms. The van der Waals surface area contributed by atoms with Crippen LogP contribution in [-0.4, -0.2) is 35.4 Å². The highest BCUT2D eigenvalue weighted by atomic mass is 32.2. The van der Waals surface area contributed by atoms with Crippen molar-refractivity contribution in [3.05, 3.63) is 53.8 Å². The van der Waals surface area contributed by atoms with Crippen molar-refractivity contribution in [2.75, 3.05) is 13.1 Å². The molecule has 3 aromatic rings.